The Labute approximate surface area is 72.0 Å². The summed E-state index contributed by atoms with van der Waals surface area (Å²) in [6.07, 6.45) is -7.86. The summed E-state index contributed by atoms with van der Waals surface area (Å²) in [6.45, 7) is -0.927. The number of amides is 1. The molecule has 1 amide bonds. The Balaban J connectivity index is 3.78. The SMILES string of the molecule is N#CCC(=O)NCC(O)C(F)(F)F. The van der Waals surface area contributed by atoms with Crippen LogP contribution in [0.5, 0.6) is 0 Å². The molecule has 0 bridgehead atoms. The lowest BCUT2D eigenvalue weighted by atomic mass is 10.3. The fraction of sp³-hybridized carbons (Fsp3) is 0.667. The van der Waals surface area contributed by atoms with Crippen LogP contribution in [0.4, 0.5) is 13.2 Å². The minimum atomic E-state index is -4.75. The van der Waals surface area contributed by atoms with Gasteiger partial charge in [-0.3, -0.25) is 4.79 Å². The molecule has 0 saturated heterocycles. The first-order valence-corrected chi connectivity index (χ1v) is 3.26. The summed E-state index contributed by atoms with van der Waals surface area (Å²) in [6, 6.07) is 1.46. The van der Waals surface area contributed by atoms with Gasteiger partial charge in [-0.15, -0.1) is 0 Å². The fourth-order valence-corrected chi connectivity index (χ4v) is 0.461. The number of rotatable bonds is 3. The van der Waals surface area contributed by atoms with Crippen molar-refractivity contribution in [3.63, 3.8) is 0 Å². The molecule has 0 aromatic carbocycles. The van der Waals surface area contributed by atoms with Crippen LogP contribution in [0.15, 0.2) is 0 Å². The second-order valence-electron chi connectivity index (χ2n) is 2.20. The number of nitrogens with one attached hydrogen (secondary N) is 1. The van der Waals surface area contributed by atoms with E-state index >= 15 is 0 Å². The van der Waals surface area contributed by atoms with E-state index in [2.05, 4.69) is 0 Å². The highest BCUT2D eigenvalue weighted by atomic mass is 19.4. The molecule has 0 aromatic heterocycles. The van der Waals surface area contributed by atoms with Crippen LogP contribution < -0.4 is 5.32 Å². The van der Waals surface area contributed by atoms with Crippen molar-refractivity contribution < 1.29 is 23.1 Å². The van der Waals surface area contributed by atoms with E-state index in [4.69, 9.17) is 10.4 Å². The van der Waals surface area contributed by atoms with Crippen molar-refractivity contribution in [3.8, 4) is 6.07 Å². The van der Waals surface area contributed by atoms with Gasteiger partial charge in [0, 0.05) is 0 Å². The van der Waals surface area contributed by atoms with Gasteiger partial charge in [0.15, 0.2) is 6.10 Å². The first-order valence-electron chi connectivity index (χ1n) is 3.26. The summed E-state index contributed by atoms with van der Waals surface area (Å²) in [7, 11) is 0. The molecule has 0 saturated carbocycles. The monoisotopic (exact) mass is 196 g/mol. The highest BCUT2D eigenvalue weighted by molar-refractivity contribution is 5.77. The number of carbonyl (C=O) groups is 1. The molecule has 7 heteroatoms. The van der Waals surface area contributed by atoms with Crippen LogP contribution in [0.25, 0.3) is 0 Å². The molecule has 0 fully saturated rings. The van der Waals surface area contributed by atoms with Gasteiger partial charge in [-0.25, -0.2) is 0 Å². The number of carbonyl (C=O) groups excluding carboxylic acids is 1. The summed E-state index contributed by atoms with van der Waals surface area (Å²) >= 11 is 0. The zero-order valence-corrected chi connectivity index (χ0v) is 6.43. The summed E-state index contributed by atoms with van der Waals surface area (Å²) in [4.78, 5) is 10.5. The number of aliphatic hydroxyl groups is 1. The number of alkyl halides is 3. The van der Waals surface area contributed by atoms with Crippen molar-refractivity contribution >= 4 is 5.91 Å². The van der Waals surface area contributed by atoms with E-state index in [1.54, 1.807) is 5.32 Å². The Morgan fingerprint density at radius 1 is 1.62 bits per heavy atom. The van der Waals surface area contributed by atoms with E-state index in [0.717, 1.165) is 0 Å². The van der Waals surface area contributed by atoms with E-state index < -0.39 is 31.2 Å². The van der Waals surface area contributed by atoms with E-state index in [1.165, 1.54) is 6.07 Å². The third-order valence-corrected chi connectivity index (χ3v) is 1.11. The van der Waals surface area contributed by atoms with Gasteiger partial charge >= 0.3 is 6.18 Å². The Kier molecular flexibility index (Phi) is 4.20. The van der Waals surface area contributed by atoms with Gasteiger partial charge in [0.05, 0.1) is 12.6 Å². The normalized spacial score (nSPS) is 13.2. The molecule has 0 aliphatic heterocycles. The molecule has 0 rings (SSSR count). The quantitative estimate of drug-likeness (QED) is 0.664. The number of hydrogen-bond donors (Lipinski definition) is 2. The van der Waals surface area contributed by atoms with E-state index in [-0.39, 0.29) is 0 Å². The smallest absolute Gasteiger partial charge is 0.382 e. The van der Waals surface area contributed by atoms with Crippen molar-refractivity contribution in [2.24, 2.45) is 0 Å². The fourth-order valence-electron chi connectivity index (χ4n) is 0.461. The van der Waals surface area contributed by atoms with Gasteiger partial charge < -0.3 is 10.4 Å². The van der Waals surface area contributed by atoms with E-state index in [0.29, 0.717) is 0 Å². The summed E-state index contributed by atoms with van der Waals surface area (Å²) < 4.78 is 34.9. The molecule has 2 N–H and O–H groups in total. The van der Waals surface area contributed by atoms with Gasteiger partial charge in [-0.2, -0.15) is 18.4 Å². The number of nitriles is 1. The van der Waals surface area contributed by atoms with Crippen molar-refractivity contribution in [1.29, 1.82) is 5.26 Å². The molecule has 1 unspecified atom stereocenters. The molecule has 13 heavy (non-hydrogen) atoms. The molecule has 1 atom stereocenters. The van der Waals surface area contributed by atoms with Crippen molar-refractivity contribution in [2.75, 3.05) is 6.54 Å². The van der Waals surface area contributed by atoms with E-state index in [9.17, 15) is 18.0 Å². The average molecular weight is 196 g/mol. The Morgan fingerprint density at radius 2 is 2.15 bits per heavy atom. The third kappa shape index (κ3) is 5.03. The lowest BCUT2D eigenvalue weighted by molar-refractivity contribution is -0.201. The predicted molar refractivity (Wildman–Crippen MR) is 35.3 cm³/mol. The summed E-state index contributed by atoms with van der Waals surface area (Å²) in [5, 5.41) is 18.1. The summed E-state index contributed by atoms with van der Waals surface area (Å²) in [5.41, 5.74) is 0. The maximum Gasteiger partial charge on any atom is 0.416 e. The van der Waals surface area contributed by atoms with Crippen molar-refractivity contribution in [3.05, 3.63) is 0 Å². The number of nitrogens with zero attached hydrogens (tertiary/aromatic N) is 1. The molecule has 0 radical (unpaired) electrons. The van der Waals surface area contributed by atoms with Crippen LogP contribution in [0.1, 0.15) is 6.42 Å². The average Bonchev–Trinajstić information content (AvgIpc) is 1.99. The van der Waals surface area contributed by atoms with Gasteiger partial charge in [0.2, 0.25) is 5.91 Å². The largest absolute Gasteiger partial charge is 0.416 e. The minimum absolute atomic E-state index is 0.523. The number of aliphatic hydroxyl groups excluding tert-OH is 1. The maximum atomic E-state index is 11.6. The first-order chi connectivity index (χ1) is 5.88. The molecular formula is C6H7F3N2O2. The topological polar surface area (TPSA) is 73.1 Å². The number of hydrogen-bond acceptors (Lipinski definition) is 3. The Morgan fingerprint density at radius 3 is 2.54 bits per heavy atom. The summed E-state index contributed by atoms with van der Waals surface area (Å²) in [5.74, 6) is -0.842. The van der Waals surface area contributed by atoms with Crippen LogP contribution in [-0.4, -0.2) is 29.8 Å². The molecule has 0 aromatic rings. The Bertz CT molecular complexity index is 221. The van der Waals surface area contributed by atoms with Crippen LogP contribution in [0.2, 0.25) is 0 Å². The van der Waals surface area contributed by atoms with Crippen LogP contribution >= 0.6 is 0 Å². The zero-order chi connectivity index (χ0) is 10.5. The maximum absolute atomic E-state index is 11.6. The van der Waals surface area contributed by atoms with Crippen molar-refractivity contribution in [1.82, 2.24) is 5.32 Å². The molecule has 0 spiro atoms. The molecule has 74 valence electrons. The van der Waals surface area contributed by atoms with Gasteiger partial charge in [-0.05, 0) is 0 Å². The predicted octanol–water partition coefficient (Wildman–Crippen LogP) is -0.0605. The Hall–Kier alpha value is -1.29. The molecular weight excluding hydrogens is 189 g/mol. The first kappa shape index (κ1) is 11.7. The van der Waals surface area contributed by atoms with Crippen LogP contribution in [-0.2, 0) is 4.79 Å². The second-order valence-corrected chi connectivity index (χ2v) is 2.20. The molecule has 4 nitrogen and oxygen atoms in total. The lowest BCUT2D eigenvalue weighted by Crippen LogP contribution is -2.40. The van der Waals surface area contributed by atoms with Gasteiger partial charge in [0.25, 0.3) is 0 Å². The van der Waals surface area contributed by atoms with Gasteiger partial charge in [0.1, 0.15) is 6.42 Å². The second kappa shape index (κ2) is 4.67. The minimum Gasteiger partial charge on any atom is -0.382 e. The van der Waals surface area contributed by atoms with Crippen LogP contribution in [0, 0.1) is 11.3 Å². The van der Waals surface area contributed by atoms with Crippen molar-refractivity contribution in [2.45, 2.75) is 18.7 Å². The number of halogens is 3. The molecule has 0 aliphatic carbocycles. The highest BCUT2D eigenvalue weighted by Crippen LogP contribution is 2.18. The zero-order valence-electron chi connectivity index (χ0n) is 6.43. The molecule has 0 aliphatic rings. The van der Waals surface area contributed by atoms with Gasteiger partial charge in [-0.1, -0.05) is 0 Å². The molecule has 0 heterocycles. The van der Waals surface area contributed by atoms with E-state index in [1.807, 2.05) is 0 Å². The highest BCUT2D eigenvalue weighted by Gasteiger charge is 2.38. The lowest BCUT2D eigenvalue weighted by Gasteiger charge is -2.14. The van der Waals surface area contributed by atoms with Crippen LogP contribution in [0.3, 0.4) is 0 Å². The third-order valence-electron chi connectivity index (χ3n) is 1.11. The standard InChI is InChI=1S/C6H7F3N2O2/c7-6(8,9)4(12)3-11-5(13)1-2-10/h4,12H,1,3H2,(H,11,13).